The minimum absolute atomic E-state index is 0.170. The first kappa shape index (κ1) is 12.2. The molecule has 0 spiro atoms. The average Bonchev–Trinajstić information content (AvgIpc) is 2.00. The summed E-state index contributed by atoms with van der Waals surface area (Å²) in [6, 6.07) is 2.22. The second kappa shape index (κ2) is 3.62. The Morgan fingerprint density at radius 3 is 1.73 bits per heavy atom. The molecule has 1 aromatic heterocycles. The molecule has 0 aliphatic rings. The molecule has 1 heteroatoms. The molecule has 1 aromatic rings. The molecule has 0 saturated carbocycles. The lowest BCUT2D eigenvalue weighted by Crippen LogP contribution is -2.22. The third kappa shape index (κ3) is 2.80. The molecule has 0 atom stereocenters. The number of nitrogens with zero attached hydrogens (tertiary/aromatic N) is 1. The van der Waals surface area contributed by atoms with Crippen LogP contribution in [0.2, 0.25) is 0 Å². The van der Waals surface area contributed by atoms with E-state index in [4.69, 9.17) is 0 Å². The van der Waals surface area contributed by atoms with Gasteiger partial charge in [-0.3, -0.25) is 4.98 Å². The summed E-state index contributed by atoms with van der Waals surface area (Å²) in [6.07, 6.45) is 2.04. The number of hydrogen-bond acceptors (Lipinski definition) is 1. The zero-order chi connectivity index (χ0) is 11.9. The van der Waals surface area contributed by atoms with Crippen LogP contribution in [0.3, 0.4) is 0 Å². The number of rotatable bonds is 0. The topological polar surface area (TPSA) is 12.9 Å². The molecule has 0 aromatic carbocycles. The number of pyridine rings is 1. The van der Waals surface area contributed by atoms with E-state index in [9.17, 15) is 0 Å². The Morgan fingerprint density at radius 2 is 1.33 bits per heavy atom. The molecule has 0 fully saturated rings. The summed E-state index contributed by atoms with van der Waals surface area (Å²) in [6.45, 7) is 15.6. The molecule has 0 amide bonds. The van der Waals surface area contributed by atoms with Crippen LogP contribution < -0.4 is 0 Å². The largest absolute Gasteiger partial charge is 0.261 e. The Balaban J connectivity index is 3.41. The van der Waals surface area contributed by atoms with Crippen molar-refractivity contribution in [2.45, 2.75) is 59.3 Å². The predicted molar refractivity (Wildman–Crippen MR) is 66.4 cm³/mol. The lowest BCUT2D eigenvalue weighted by atomic mass is 9.76. The zero-order valence-electron chi connectivity index (χ0n) is 11.1. The molecule has 0 unspecified atom stereocenters. The van der Waals surface area contributed by atoms with Gasteiger partial charge < -0.3 is 0 Å². The molecule has 1 heterocycles. The van der Waals surface area contributed by atoms with Crippen molar-refractivity contribution in [1.82, 2.24) is 4.98 Å². The van der Waals surface area contributed by atoms with Crippen LogP contribution in [0.4, 0.5) is 0 Å². The second-order valence-electron chi connectivity index (χ2n) is 6.37. The van der Waals surface area contributed by atoms with E-state index in [1.54, 1.807) is 0 Å². The molecule has 1 rings (SSSR count). The van der Waals surface area contributed by atoms with Crippen LogP contribution in [-0.4, -0.2) is 4.98 Å². The van der Waals surface area contributed by atoms with Crippen molar-refractivity contribution < 1.29 is 0 Å². The molecule has 0 saturated heterocycles. The Bertz CT molecular complexity index is 351. The molecule has 84 valence electrons. The zero-order valence-corrected chi connectivity index (χ0v) is 11.1. The van der Waals surface area contributed by atoms with Gasteiger partial charge in [-0.2, -0.15) is 0 Å². The number of aryl methyl sites for hydroxylation is 1. The third-order valence-electron chi connectivity index (χ3n) is 2.66. The highest BCUT2D eigenvalue weighted by atomic mass is 14.7. The molecule has 0 aliphatic heterocycles. The highest BCUT2D eigenvalue weighted by Gasteiger charge is 2.25. The van der Waals surface area contributed by atoms with Crippen molar-refractivity contribution in [3.05, 3.63) is 29.1 Å². The first-order valence-corrected chi connectivity index (χ1v) is 5.60. The monoisotopic (exact) mass is 205 g/mol. The fourth-order valence-electron chi connectivity index (χ4n) is 1.78. The van der Waals surface area contributed by atoms with E-state index in [0.717, 1.165) is 5.69 Å². The average molecular weight is 205 g/mol. The van der Waals surface area contributed by atoms with Crippen molar-refractivity contribution in [2.24, 2.45) is 0 Å². The maximum absolute atomic E-state index is 4.42. The standard InChI is InChI=1S/C14H23N/c1-10-8-11(13(2,3)4)12(9-15-10)14(5,6)7/h8-9H,1-7H3. The SMILES string of the molecule is Cc1cc(C(C)(C)C)c(C(C)(C)C)cn1. The van der Waals surface area contributed by atoms with E-state index in [1.807, 2.05) is 6.20 Å². The molecular formula is C14H23N. The summed E-state index contributed by atoms with van der Waals surface area (Å²) >= 11 is 0. The van der Waals surface area contributed by atoms with Crippen molar-refractivity contribution >= 4 is 0 Å². The fraction of sp³-hybridized carbons (Fsp3) is 0.643. The van der Waals surface area contributed by atoms with Crippen LogP contribution in [0.25, 0.3) is 0 Å². The van der Waals surface area contributed by atoms with Gasteiger partial charge in [-0.1, -0.05) is 41.5 Å². The van der Waals surface area contributed by atoms with Gasteiger partial charge in [-0.25, -0.2) is 0 Å². The van der Waals surface area contributed by atoms with E-state index < -0.39 is 0 Å². The fourth-order valence-corrected chi connectivity index (χ4v) is 1.78. The third-order valence-corrected chi connectivity index (χ3v) is 2.66. The van der Waals surface area contributed by atoms with Crippen molar-refractivity contribution in [1.29, 1.82) is 0 Å². The smallest absolute Gasteiger partial charge is 0.0375 e. The molecule has 0 N–H and O–H groups in total. The highest BCUT2D eigenvalue weighted by Crippen LogP contribution is 2.33. The minimum atomic E-state index is 0.170. The lowest BCUT2D eigenvalue weighted by molar-refractivity contribution is 0.526. The lowest BCUT2D eigenvalue weighted by Gasteiger charge is -2.29. The summed E-state index contributed by atoms with van der Waals surface area (Å²) in [5.41, 5.74) is 4.25. The number of hydrogen-bond donors (Lipinski definition) is 0. The van der Waals surface area contributed by atoms with Gasteiger partial charge >= 0.3 is 0 Å². The van der Waals surface area contributed by atoms with E-state index >= 15 is 0 Å². The molecular weight excluding hydrogens is 182 g/mol. The molecule has 1 nitrogen and oxygen atoms in total. The molecule has 0 radical (unpaired) electrons. The summed E-state index contributed by atoms with van der Waals surface area (Å²) in [5, 5.41) is 0. The van der Waals surface area contributed by atoms with Gasteiger partial charge in [0.1, 0.15) is 0 Å². The summed E-state index contributed by atoms with van der Waals surface area (Å²) < 4.78 is 0. The van der Waals surface area contributed by atoms with E-state index in [2.05, 4.69) is 59.5 Å². The maximum atomic E-state index is 4.42. The van der Waals surface area contributed by atoms with Gasteiger partial charge in [0.15, 0.2) is 0 Å². The Kier molecular flexibility index (Phi) is 2.95. The minimum Gasteiger partial charge on any atom is -0.261 e. The van der Waals surface area contributed by atoms with Crippen LogP contribution in [0.5, 0.6) is 0 Å². The molecule has 0 bridgehead atoms. The van der Waals surface area contributed by atoms with Crippen molar-refractivity contribution in [3.8, 4) is 0 Å². The van der Waals surface area contributed by atoms with Crippen LogP contribution in [-0.2, 0) is 10.8 Å². The van der Waals surface area contributed by atoms with Crippen LogP contribution >= 0.6 is 0 Å². The van der Waals surface area contributed by atoms with Gasteiger partial charge in [-0.05, 0) is 34.9 Å². The van der Waals surface area contributed by atoms with Gasteiger partial charge in [0.25, 0.3) is 0 Å². The summed E-state index contributed by atoms with van der Waals surface area (Å²) in [7, 11) is 0. The van der Waals surface area contributed by atoms with E-state index in [1.165, 1.54) is 11.1 Å². The normalized spacial score (nSPS) is 13.0. The second-order valence-corrected chi connectivity index (χ2v) is 6.37. The predicted octanol–water partition coefficient (Wildman–Crippen LogP) is 3.99. The number of aromatic nitrogens is 1. The van der Waals surface area contributed by atoms with Crippen LogP contribution in [0.15, 0.2) is 12.3 Å². The first-order chi connectivity index (χ1) is 6.62. The van der Waals surface area contributed by atoms with E-state index in [0.29, 0.717) is 0 Å². The molecule has 0 aliphatic carbocycles. The first-order valence-electron chi connectivity index (χ1n) is 5.60. The van der Waals surface area contributed by atoms with Gasteiger partial charge in [0.05, 0.1) is 0 Å². The van der Waals surface area contributed by atoms with Crippen molar-refractivity contribution in [2.75, 3.05) is 0 Å². The summed E-state index contributed by atoms with van der Waals surface area (Å²) in [5.74, 6) is 0. The maximum Gasteiger partial charge on any atom is 0.0375 e. The summed E-state index contributed by atoms with van der Waals surface area (Å²) in [4.78, 5) is 4.42. The van der Waals surface area contributed by atoms with Gasteiger partial charge in [0.2, 0.25) is 0 Å². The van der Waals surface area contributed by atoms with Crippen molar-refractivity contribution in [3.63, 3.8) is 0 Å². The van der Waals surface area contributed by atoms with Gasteiger partial charge in [-0.15, -0.1) is 0 Å². The van der Waals surface area contributed by atoms with Crippen LogP contribution in [0, 0.1) is 6.92 Å². The van der Waals surface area contributed by atoms with Crippen LogP contribution in [0.1, 0.15) is 58.4 Å². The molecule has 15 heavy (non-hydrogen) atoms. The Hall–Kier alpha value is -0.850. The Morgan fingerprint density at radius 1 is 0.867 bits per heavy atom. The van der Waals surface area contributed by atoms with Gasteiger partial charge in [0, 0.05) is 11.9 Å². The van der Waals surface area contributed by atoms with E-state index in [-0.39, 0.29) is 10.8 Å². The Labute approximate surface area is 93.9 Å². The highest BCUT2D eigenvalue weighted by molar-refractivity contribution is 5.36. The quantitative estimate of drug-likeness (QED) is 0.624.